The molecule has 192 valence electrons. The molecule has 0 aliphatic heterocycles. The van der Waals surface area contributed by atoms with Gasteiger partial charge in [-0.1, -0.05) is 38.1 Å². The summed E-state index contributed by atoms with van der Waals surface area (Å²) in [6.07, 6.45) is 1.37. The van der Waals surface area contributed by atoms with E-state index in [0.29, 0.717) is 49.2 Å². The maximum Gasteiger partial charge on any atom is 0.331 e. The van der Waals surface area contributed by atoms with E-state index in [-0.39, 0.29) is 24.9 Å². The molecule has 0 fully saturated rings. The number of methoxy groups -OCH3 is 1. The molecule has 2 amide bonds. The predicted molar refractivity (Wildman–Crippen MR) is 139 cm³/mol. The van der Waals surface area contributed by atoms with Crippen molar-refractivity contribution < 1.29 is 14.3 Å². The number of benzene rings is 2. The molecule has 0 saturated heterocycles. The second kappa shape index (κ2) is 12.7. The van der Waals surface area contributed by atoms with Gasteiger partial charge in [-0.2, -0.15) is 0 Å². The highest BCUT2D eigenvalue weighted by atomic mass is 16.5. The van der Waals surface area contributed by atoms with Crippen LogP contribution in [0.1, 0.15) is 38.7 Å². The number of hydrogen-bond acceptors (Lipinski definition) is 5. The fourth-order valence-electron chi connectivity index (χ4n) is 3.83. The number of unbranched alkanes of at least 4 members (excludes halogenated alkanes) is 1. The molecule has 9 heteroatoms. The molecule has 2 N–H and O–H groups in total. The summed E-state index contributed by atoms with van der Waals surface area (Å²) in [5.74, 6) is 0.712. The molecule has 0 atom stereocenters. The molecular weight excluding hydrogens is 460 g/mol. The minimum Gasteiger partial charge on any atom is -0.497 e. The highest BCUT2D eigenvalue weighted by molar-refractivity contribution is 5.81. The average Bonchev–Trinajstić information content (AvgIpc) is 2.88. The fourth-order valence-corrected chi connectivity index (χ4v) is 3.83. The van der Waals surface area contributed by atoms with Crippen LogP contribution in [0, 0.1) is 5.92 Å². The maximum absolute atomic E-state index is 13.2. The van der Waals surface area contributed by atoms with Crippen molar-refractivity contribution in [1.29, 1.82) is 0 Å². The van der Waals surface area contributed by atoms with Gasteiger partial charge in [0.15, 0.2) is 0 Å². The number of hydrogen-bond donors (Lipinski definition) is 2. The van der Waals surface area contributed by atoms with Crippen LogP contribution >= 0.6 is 0 Å². The van der Waals surface area contributed by atoms with Crippen molar-refractivity contribution in [2.24, 2.45) is 5.92 Å². The predicted octanol–water partition coefficient (Wildman–Crippen LogP) is 2.43. The second-order valence-electron chi connectivity index (χ2n) is 9.12. The third-order valence-corrected chi connectivity index (χ3v) is 5.83. The van der Waals surface area contributed by atoms with Crippen molar-refractivity contribution in [2.45, 2.75) is 52.7 Å². The van der Waals surface area contributed by atoms with Gasteiger partial charge in [-0.05, 0) is 48.6 Å². The molecule has 3 aromatic rings. The Hall–Kier alpha value is -3.88. The average molecular weight is 495 g/mol. The van der Waals surface area contributed by atoms with E-state index < -0.39 is 11.2 Å². The molecule has 0 saturated carbocycles. The number of amides is 2. The molecule has 3 rings (SSSR count). The van der Waals surface area contributed by atoms with Crippen molar-refractivity contribution in [3.63, 3.8) is 0 Å². The third-order valence-electron chi connectivity index (χ3n) is 5.83. The molecule has 2 aromatic carbocycles. The minimum absolute atomic E-state index is 0.0412. The van der Waals surface area contributed by atoms with Crippen LogP contribution in [0.3, 0.4) is 0 Å². The lowest BCUT2D eigenvalue weighted by Gasteiger charge is -2.14. The first-order valence-corrected chi connectivity index (χ1v) is 12.2. The Labute approximate surface area is 210 Å². The fraction of sp³-hybridized carbons (Fsp3) is 0.407. The Morgan fingerprint density at radius 1 is 0.917 bits per heavy atom. The zero-order chi connectivity index (χ0) is 26.1. The standard InChI is InChI=1S/C27H34N4O5/c1-19(2)16-28-24(32)10-6-7-15-30-26(34)22-8-4-5-9-23(22)31(27(30)35)18-25(33)29-17-20-11-13-21(36-3)14-12-20/h4-5,8-9,11-14,19H,6-7,10,15-18H2,1-3H3,(H,28,32)(H,29,33). The number of rotatable bonds is 12. The zero-order valence-corrected chi connectivity index (χ0v) is 21.1. The van der Waals surface area contributed by atoms with E-state index in [9.17, 15) is 19.2 Å². The first-order valence-electron chi connectivity index (χ1n) is 12.2. The molecule has 1 heterocycles. The van der Waals surface area contributed by atoms with E-state index in [0.717, 1.165) is 15.9 Å². The monoisotopic (exact) mass is 494 g/mol. The lowest BCUT2D eigenvalue weighted by molar-refractivity contribution is -0.122. The molecule has 1 aromatic heterocycles. The number of nitrogens with one attached hydrogen (secondary N) is 2. The number of fused-ring (bicyclic) bond motifs is 1. The van der Waals surface area contributed by atoms with Crippen LogP contribution in [0.5, 0.6) is 5.75 Å². The van der Waals surface area contributed by atoms with Gasteiger partial charge in [0, 0.05) is 26.1 Å². The van der Waals surface area contributed by atoms with Crippen LogP contribution in [0.2, 0.25) is 0 Å². The molecule has 0 unspecified atom stereocenters. The van der Waals surface area contributed by atoms with Gasteiger partial charge in [0.25, 0.3) is 5.56 Å². The van der Waals surface area contributed by atoms with Crippen LogP contribution in [0.25, 0.3) is 10.9 Å². The Balaban J connectivity index is 1.71. The van der Waals surface area contributed by atoms with Crippen molar-refractivity contribution in [2.75, 3.05) is 13.7 Å². The molecule has 0 radical (unpaired) electrons. The summed E-state index contributed by atoms with van der Waals surface area (Å²) >= 11 is 0. The summed E-state index contributed by atoms with van der Waals surface area (Å²) in [5, 5.41) is 6.06. The topological polar surface area (TPSA) is 111 Å². The van der Waals surface area contributed by atoms with Gasteiger partial charge in [-0.25, -0.2) is 4.79 Å². The minimum atomic E-state index is -0.539. The molecule has 0 aliphatic carbocycles. The SMILES string of the molecule is COc1ccc(CNC(=O)Cn2c(=O)n(CCCCC(=O)NCC(C)C)c(=O)c3ccccc32)cc1. The van der Waals surface area contributed by atoms with Gasteiger partial charge < -0.3 is 15.4 Å². The third kappa shape index (κ3) is 7.07. The normalized spacial score (nSPS) is 11.0. The molecular formula is C27H34N4O5. The summed E-state index contributed by atoms with van der Waals surface area (Å²) < 4.78 is 7.63. The van der Waals surface area contributed by atoms with E-state index in [2.05, 4.69) is 10.6 Å². The largest absolute Gasteiger partial charge is 0.497 e. The molecule has 0 bridgehead atoms. The highest BCUT2D eigenvalue weighted by Gasteiger charge is 2.15. The molecule has 9 nitrogen and oxygen atoms in total. The first kappa shape index (κ1) is 26.7. The van der Waals surface area contributed by atoms with Gasteiger partial charge in [0.1, 0.15) is 12.3 Å². The van der Waals surface area contributed by atoms with Gasteiger partial charge in [-0.3, -0.25) is 23.5 Å². The van der Waals surface area contributed by atoms with Gasteiger partial charge in [-0.15, -0.1) is 0 Å². The second-order valence-corrected chi connectivity index (χ2v) is 9.12. The Morgan fingerprint density at radius 3 is 2.33 bits per heavy atom. The van der Waals surface area contributed by atoms with Crippen molar-refractivity contribution in [1.82, 2.24) is 19.8 Å². The summed E-state index contributed by atoms with van der Waals surface area (Å²) in [4.78, 5) is 50.9. The molecule has 0 spiro atoms. The van der Waals surface area contributed by atoms with Crippen molar-refractivity contribution in [3.8, 4) is 5.75 Å². The van der Waals surface area contributed by atoms with Gasteiger partial charge in [0.05, 0.1) is 18.0 Å². The van der Waals surface area contributed by atoms with Crippen LogP contribution < -0.4 is 26.6 Å². The lowest BCUT2D eigenvalue weighted by Crippen LogP contribution is -2.42. The lowest BCUT2D eigenvalue weighted by atomic mass is 10.2. The number of nitrogens with zero attached hydrogens (tertiary/aromatic N) is 2. The van der Waals surface area contributed by atoms with E-state index in [1.165, 1.54) is 4.57 Å². The number of ether oxygens (including phenoxy) is 1. The quantitative estimate of drug-likeness (QED) is 0.376. The Kier molecular flexibility index (Phi) is 9.44. The number of para-hydroxylation sites is 1. The van der Waals surface area contributed by atoms with E-state index in [1.807, 2.05) is 38.1 Å². The summed E-state index contributed by atoms with van der Waals surface area (Å²) in [5.41, 5.74) is 0.373. The highest BCUT2D eigenvalue weighted by Crippen LogP contribution is 2.11. The maximum atomic E-state index is 13.2. The van der Waals surface area contributed by atoms with Gasteiger partial charge >= 0.3 is 5.69 Å². The summed E-state index contributed by atoms with van der Waals surface area (Å²) in [7, 11) is 1.59. The van der Waals surface area contributed by atoms with Crippen LogP contribution in [-0.4, -0.2) is 34.6 Å². The van der Waals surface area contributed by atoms with Crippen LogP contribution in [0.4, 0.5) is 0 Å². The van der Waals surface area contributed by atoms with Crippen LogP contribution in [0.15, 0.2) is 58.1 Å². The first-order chi connectivity index (χ1) is 17.3. The van der Waals surface area contributed by atoms with E-state index >= 15 is 0 Å². The smallest absolute Gasteiger partial charge is 0.331 e. The van der Waals surface area contributed by atoms with Crippen molar-refractivity contribution in [3.05, 3.63) is 74.9 Å². The van der Waals surface area contributed by atoms with E-state index in [4.69, 9.17) is 4.74 Å². The van der Waals surface area contributed by atoms with E-state index in [1.54, 1.807) is 31.4 Å². The van der Waals surface area contributed by atoms with Crippen molar-refractivity contribution >= 4 is 22.7 Å². The number of aromatic nitrogens is 2. The summed E-state index contributed by atoms with van der Waals surface area (Å²) in [6, 6.07) is 14.1. The zero-order valence-electron chi connectivity index (χ0n) is 21.1. The Bertz CT molecular complexity index is 1310. The van der Waals surface area contributed by atoms with Crippen LogP contribution in [-0.2, 0) is 29.2 Å². The Morgan fingerprint density at radius 2 is 1.64 bits per heavy atom. The number of carbonyl (C=O) groups is 2. The number of carbonyl (C=O) groups excluding carboxylic acids is 2. The molecule has 36 heavy (non-hydrogen) atoms. The van der Waals surface area contributed by atoms with Gasteiger partial charge in [0.2, 0.25) is 11.8 Å². The summed E-state index contributed by atoms with van der Waals surface area (Å²) in [6.45, 7) is 4.93. The molecule has 0 aliphatic rings.